The molecule has 1 rings (SSSR count). The van der Waals surface area contributed by atoms with E-state index < -0.39 is 0 Å². The van der Waals surface area contributed by atoms with Gasteiger partial charge in [0.1, 0.15) is 0 Å². The quantitative estimate of drug-likeness (QED) is 0.752. The van der Waals surface area contributed by atoms with Crippen molar-refractivity contribution >= 4 is 0 Å². The Hall–Kier alpha value is -0.930. The van der Waals surface area contributed by atoms with Gasteiger partial charge in [-0.25, -0.2) is 0 Å². The van der Waals surface area contributed by atoms with Crippen LogP contribution in [0.2, 0.25) is 0 Å². The van der Waals surface area contributed by atoms with E-state index in [1.165, 1.54) is 6.42 Å². The second-order valence-corrected chi connectivity index (χ2v) is 4.53. The molecule has 0 aliphatic carbocycles. The van der Waals surface area contributed by atoms with Gasteiger partial charge in [0.15, 0.2) is 0 Å². The standard InChI is InChI=1S/C14H25N3/c1-3-7-13(15)9-11-17(4-2)12-14-8-5-6-10-16-14/h5-6,8,10,13H,3-4,7,9,11-12,15H2,1-2H3. The molecule has 0 aliphatic heterocycles. The van der Waals surface area contributed by atoms with Crippen LogP contribution in [0.15, 0.2) is 24.4 Å². The molecule has 1 aromatic rings. The largest absolute Gasteiger partial charge is 0.328 e. The van der Waals surface area contributed by atoms with E-state index >= 15 is 0 Å². The molecular formula is C14H25N3. The van der Waals surface area contributed by atoms with Gasteiger partial charge in [-0.1, -0.05) is 26.3 Å². The van der Waals surface area contributed by atoms with E-state index in [1.807, 2.05) is 18.3 Å². The molecule has 0 saturated heterocycles. The monoisotopic (exact) mass is 235 g/mol. The maximum atomic E-state index is 6.04. The number of hydrogen-bond donors (Lipinski definition) is 1. The fourth-order valence-electron chi connectivity index (χ4n) is 1.93. The Kier molecular flexibility index (Phi) is 6.82. The lowest BCUT2D eigenvalue weighted by molar-refractivity contribution is 0.263. The van der Waals surface area contributed by atoms with Crippen molar-refractivity contribution < 1.29 is 0 Å². The summed E-state index contributed by atoms with van der Waals surface area (Å²) in [5, 5.41) is 0. The minimum atomic E-state index is 0.345. The summed E-state index contributed by atoms with van der Waals surface area (Å²) in [5.74, 6) is 0. The first-order valence-electron chi connectivity index (χ1n) is 6.64. The van der Waals surface area contributed by atoms with Gasteiger partial charge in [-0.05, 0) is 31.5 Å². The van der Waals surface area contributed by atoms with E-state index in [1.54, 1.807) is 0 Å². The summed E-state index contributed by atoms with van der Waals surface area (Å²) in [6.45, 7) is 7.42. The lowest BCUT2D eigenvalue weighted by Crippen LogP contribution is -2.30. The highest BCUT2D eigenvalue weighted by Crippen LogP contribution is 2.04. The van der Waals surface area contributed by atoms with Crippen molar-refractivity contribution in [1.82, 2.24) is 9.88 Å². The highest BCUT2D eigenvalue weighted by Gasteiger charge is 2.07. The van der Waals surface area contributed by atoms with Gasteiger partial charge in [0.05, 0.1) is 5.69 Å². The lowest BCUT2D eigenvalue weighted by Gasteiger charge is -2.21. The number of nitrogens with two attached hydrogens (primary N) is 1. The SMILES string of the molecule is CCCC(N)CCN(CC)Cc1ccccn1. The molecule has 0 radical (unpaired) electrons. The predicted molar refractivity (Wildman–Crippen MR) is 72.7 cm³/mol. The van der Waals surface area contributed by atoms with E-state index in [2.05, 4.69) is 29.8 Å². The smallest absolute Gasteiger partial charge is 0.0543 e. The first kappa shape index (κ1) is 14.1. The van der Waals surface area contributed by atoms with Crippen molar-refractivity contribution in [3.63, 3.8) is 0 Å². The maximum absolute atomic E-state index is 6.04. The Balaban J connectivity index is 2.34. The van der Waals surface area contributed by atoms with Gasteiger partial charge in [-0.3, -0.25) is 9.88 Å². The normalized spacial score (nSPS) is 12.9. The molecule has 1 atom stereocenters. The molecule has 96 valence electrons. The van der Waals surface area contributed by atoms with Crippen molar-refractivity contribution in [2.24, 2.45) is 5.73 Å². The summed E-state index contributed by atoms with van der Waals surface area (Å²) >= 11 is 0. The molecule has 3 nitrogen and oxygen atoms in total. The van der Waals surface area contributed by atoms with Gasteiger partial charge in [-0.2, -0.15) is 0 Å². The van der Waals surface area contributed by atoms with Crippen LogP contribution in [0.4, 0.5) is 0 Å². The molecule has 17 heavy (non-hydrogen) atoms. The van der Waals surface area contributed by atoms with Crippen LogP contribution in [-0.2, 0) is 6.54 Å². The van der Waals surface area contributed by atoms with E-state index in [9.17, 15) is 0 Å². The van der Waals surface area contributed by atoms with E-state index in [0.717, 1.165) is 38.2 Å². The number of hydrogen-bond acceptors (Lipinski definition) is 3. The van der Waals surface area contributed by atoms with E-state index in [4.69, 9.17) is 5.73 Å². The molecule has 1 unspecified atom stereocenters. The first-order chi connectivity index (χ1) is 8.26. The van der Waals surface area contributed by atoms with Crippen LogP contribution in [0.5, 0.6) is 0 Å². The third kappa shape index (κ3) is 5.80. The Labute approximate surface area is 105 Å². The Morgan fingerprint density at radius 2 is 2.12 bits per heavy atom. The zero-order valence-corrected chi connectivity index (χ0v) is 11.1. The molecule has 2 N–H and O–H groups in total. The molecule has 1 heterocycles. The van der Waals surface area contributed by atoms with E-state index in [-0.39, 0.29) is 0 Å². The van der Waals surface area contributed by atoms with Crippen molar-refractivity contribution in [2.45, 2.75) is 45.7 Å². The second kappa shape index (κ2) is 8.20. The average Bonchev–Trinajstić information content (AvgIpc) is 2.36. The number of pyridine rings is 1. The van der Waals surface area contributed by atoms with Crippen molar-refractivity contribution in [3.8, 4) is 0 Å². The fraction of sp³-hybridized carbons (Fsp3) is 0.643. The number of rotatable bonds is 8. The molecule has 0 aliphatic rings. The number of nitrogens with zero attached hydrogens (tertiary/aromatic N) is 2. The maximum Gasteiger partial charge on any atom is 0.0543 e. The number of aromatic nitrogens is 1. The summed E-state index contributed by atoms with van der Waals surface area (Å²) in [4.78, 5) is 6.76. The molecule has 0 aromatic carbocycles. The molecule has 0 bridgehead atoms. The molecule has 1 aromatic heterocycles. The summed E-state index contributed by atoms with van der Waals surface area (Å²) in [6.07, 6.45) is 5.23. The Morgan fingerprint density at radius 3 is 2.71 bits per heavy atom. The van der Waals surface area contributed by atoms with Gasteiger partial charge in [-0.15, -0.1) is 0 Å². The van der Waals surface area contributed by atoms with Gasteiger partial charge in [0.2, 0.25) is 0 Å². The van der Waals surface area contributed by atoms with Crippen LogP contribution in [0.3, 0.4) is 0 Å². The van der Waals surface area contributed by atoms with Crippen molar-refractivity contribution in [1.29, 1.82) is 0 Å². The Morgan fingerprint density at radius 1 is 1.29 bits per heavy atom. The summed E-state index contributed by atoms with van der Waals surface area (Å²) < 4.78 is 0. The Bertz CT molecular complexity index is 287. The third-order valence-electron chi connectivity index (χ3n) is 3.03. The molecular weight excluding hydrogens is 210 g/mol. The van der Waals surface area contributed by atoms with Crippen molar-refractivity contribution in [2.75, 3.05) is 13.1 Å². The minimum absolute atomic E-state index is 0.345. The van der Waals surface area contributed by atoms with Crippen LogP contribution < -0.4 is 5.73 Å². The van der Waals surface area contributed by atoms with Crippen LogP contribution >= 0.6 is 0 Å². The van der Waals surface area contributed by atoms with Crippen LogP contribution in [-0.4, -0.2) is 29.0 Å². The zero-order chi connectivity index (χ0) is 12.5. The fourth-order valence-corrected chi connectivity index (χ4v) is 1.93. The second-order valence-electron chi connectivity index (χ2n) is 4.53. The van der Waals surface area contributed by atoms with E-state index in [0.29, 0.717) is 6.04 Å². The van der Waals surface area contributed by atoms with Crippen LogP contribution in [0.25, 0.3) is 0 Å². The average molecular weight is 235 g/mol. The van der Waals surface area contributed by atoms with Gasteiger partial charge in [0, 0.05) is 25.3 Å². The van der Waals surface area contributed by atoms with Gasteiger partial charge in [0.25, 0.3) is 0 Å². The highest BCUT2D eigenvalue weighted by atomic mass is 15.1. The topological polar surface area (TPSA) is 42.1 Å². The summed E-state index contributed by atoms with van der Waals surface area (Å²) in [6, 6.07) is 6.42. The lowest BCUT2D eigenvalue weighted by atomic mass is 10.1. The third-order valence-corrected chi connectivity index (χ3v) is 3.03. The van der Waals surface area contributed by atoms with Crippen LogP contribution in [0, 0.1) is 0 Å². The molecule has 0 saturated carbocycles. The first-order valence-corrected chi connectivity index (χ1v) is 6.64. The minimum Gasteiger partial charge on any atom is -0.328 e. The highest BCUT2D eigenvalue weighted by molar-refractivity contribution is 5.03. The molecule has 0 spiro atoms. The van der Waals surface area contributed by atoms with Crippen molar-refractivity contribution in [3.05, 3.63) is 30.1 Å². The van der Waals surface area contributed by atoms with Gasteiger partial charge >= 0.3 is 0 Å². The molecule has 0 amide bonds. The molecule has 3 heteroatoms. The van der Waals surface area contributed by atoms with Gasteiger partial charge < -0.3 is 5.73 Å². The zero-order valence-electron chi connectivity index (χ0n) is 11.1. The molecule has 0 fully saturated rings. The predicted octanol–water partition coefficient (Wildman–Crippen LogP) is 2.42. The summed E-state index contributed by atoms with van der Waals surface area (Å²) in [5.41, 5.74) is 7.18. The summed E-state index contributed by atoms with van der Waals surface area (Å²) in [7, 11) is 0. The van der Waals surface area contributed by atoms with Crippen LogP contribution in [0.1, 0.15) is 38.8 Å².